The first-order valence-electron chi connectivity index (χ1n) is 7.84. The van der Waals surface area contributed by atoms with Gasteiger partial charge in [-0.2, -0.15) is 0 Å². The third kappa shape index (κ3) is 3.26. The zero-order valence-electron chi connectivity index (χ0n) is 12.7. The molecule has 21 heavy (non-hydrogen) atoms. The first-order chi connectivity index (χ1) is 10.2. The fourth-order valence-corrected chi connectivity index (χ4v) is 3.24. The monoisotopic (exact) mass is 285 g/mol. The Balaban J connectivity index is 1.54. The summed E-state index contributed by atoms with van der Waals surface area (Å²) in [5.41, 5.74) is 2.45. The van der Waals surface area contributed by atoms with E-state index in [-0.39, 0.29) is 0 Å². The number of nitrogens with zero attached hydrogens (tertiary/aromatic N) is 3. The van der Waals surface area contributed by atoms with Crippen molar-refractivity contribution in [3.8, 4) is 0 Å². The molecule has 3 rings (SSSR count). The molecule has 0 saturated carbocycles. The summed E-state index contributed by atoms with van der Waals surface area (Å²) in [4.78, 5) is 20.9. The Morgan fingerprint density at radius 3 is 2.81 bits per heavy atom. The van der Waals surface area contributed by atoms with Gasteiger partial charge >= 0.3 is 0 Å². The van der Waals surface area contributed by atoms with Crippen LogP contribution in [-0.4, -0.2) is 42.0 Å². The molecule has 112 valence electrons. The standard InChI is InChI=1S/C17H23N3O/c1-14-13-18-7-6-16(14)19-8-10-20(11-9-19)17(21)12-15-4-2-3-5-15/h2,4,6-7,13,15H,3,5,8-12H2,1H3/t15-/m0/s1. The molecule has 1 aromatic heterocycles. The predicted molar refractivity (Wildman–Crippen MR) is 84.2 cm³/mol. The van der Waals surface area contributed by atoms with E-state index >= 15 is 0 Å². The number of pyridine rings is 1. The summed E-state index contributed by atoms with van der Waals surface area (Å²) >= 11 is 0. The van der Waals surface area contributed by atoms with Gasteiger partial charge < -0.3 is 9.80 Å². The number of hydrogen-bond acceptors (Lipinski definition) is 3. The van der Waals surface area contributed by atoms with Crippen LogP contribution in [0.3, 0.4) is 0 Å². The summed E-state index contributed by atoms with van der Waals surface area (Å²) in [6.45, 7) is 5.58. The second-order valence-electron chi connectivity index (χ2n) is 6.00. The SMILES string of the molecule is Cc1cnccc1N1CCN(C(=O)C[C@H]2C=CCC2)CC1. The van der Waals surface area contributed by atoms with Crippen LogP contribution in [0.25, 0.3) is 0 Å². The predicted octanol–water partition coefficient (Wildman–Crippen LogP) is 2.39. The average molecular weight is 285 g/mol. The Kier molecular flexibility index (Phi) is 4.23. The molecule has 4 heteroatoms. The second kappa shape index (κ2) is 6.29. The Morgan fingerprint density at radius 2 is 2.14 bits per heavy atom. The molecular weight excluding hydrogens is 262 g/mol. The fourth-order valence-electron chi connectivity index (χ4n) is 3.24. The van der Waals surface area contributed by atoms with Crippen molar-refractivity contribution >= 4 is 11.6 Å². The van der Waals surface area contributed by atoms with Crippen LogP contribution in [0.4, 0.5) is 5.69 Å². The van der Waals surface area contributed by atoms with Gasteiger partial charge in [-0.3, -0.25) is 9.78 Å². The van der Waals surface area contributed by atoms with E-state index in [0.29, 0.717) is 18.2 Å². The minimum Gasteiger partial charge on any atom is -0.368 e. The fraction of sp³-hybridized carbons (Fsp3) is 0.529. The lowest BCUT2D eigenvalue weighted by Crippen LogP contribution is -2.49. The Bertz CT molecular complexity index is 533. The average Bonchev–Trinajstić information content (AvgIpc) is 3.01. The zero-order valence-corrected chi connectivity index (χ0v) is 12.7. The number of amides is 1. The van der Waals surface area contributed by atoms with Crippen molar-refractivity contribution in [3.63, 3.8) is 0 Å². The number of rotatable bonds is 3. The molecule has 0 N–H and O–H groups in total. The van der Waals surface area contributed by atoms with Gasteiger partial charge in [-0.05, 0) is 37.3 Å². The molecule has 0 radical (unpaired) electrons. The van der Waals surface area contributed by atoms with Gasteiger partial charge in [0.25, 0.3) is 0 Å². The number of aromatic nitrogens is 1. The van der Waals surface area contributed by atoms with Crippen molar-refractivity contribution in [2.45, 2.75) is 26.2 Å². The Morgan fingerprint density at radius 1 is 1.33 bits per heavy atom. The van der Waals surface area contributed by atoms with Crippen molar-refractivity contribution in [1.82, 2.24) is 9.88 Å². The van der Waals surface area contributed by atoms with Crippen LogP contribution >= 0.6 is 0 Å². The van der Waals surface area contributed by atoms with E-state index in [2.05, 4.69) is 35.0 Å². The highest BCUT2D eigenvalue weighted by Crippen LogP contribution is 2.23. The molecule has 1 saturated heterocycles. The summed E-state index contributed by atoms with van der Waals surface area (Å²) in [6, 6.07) is 2.07. The molecule has 0 unspecified atom stereocenters. The van der Waals surface area contributed by atoms with Crippen LogP contribution in [0.15, 0.2) is 30.6 Å². The molecule has 1 fully saturated rings. The lowest BCUT2D eigenvalue weighted by Gasteiger charge is -2.37. The molecule has 4 nitrogen and oxygen atoms in total. The minimum atomic E-state index is 0.317. The largest absolute Gasteiger partial charge is 0.368 e. The van der Waals surface area contributed by atoms with E-state index in [1.165, 1.54) is 11.3 Å². The molecule has 1 aliphatic heterocycles. The summed E-state index contributed by atoms with van der Waals surface area (Å²) < 4.78 is 0. The number of hydrogen-bond donors (Lipinski definition) is 0. The highest BCUT2D eigenvalue weighted by atomic mass is 16.2. The summed E-state index contributed by atoms with van der Waals surface area (Å²) in [5.74, 6) is 0.788. The van der Waals surface area contributed by atoms with Gasteiger partial charge in [0.2, 0.25) is 5.91 Å². The third-order valence-electron chi connectivity index (χ3n) is 4.51. The first kappa shape index (κ1) is 14.1. The molecule has 0 bridgehead atoms. The van der Waals surface area contributed by atoms with E-state index < -0.39 is 0 Å². The number of carbonyl (C=O) groups is 1. The summed E-state index contributed by atoms with van der Waals surface area (Å²) in [5, 5.41) is 0. The maximum Gasteiger partial charge on any atom is 0.223 e. The van der Waals surface area contributed by atoms with Gasteiger partial charge in [-0.1, -0.05) is 12.2 Å². The molecule has 2 aliphatic rings. The first-order valence-corrected chi connectivity index (χ1v) is 7.84. The van der Waals surface area contributed by atoms with Gasteiger partial charge in [0.05, 0.1) is 0 Å². The molecule has 1 atom stereocenters. The van der Waals surface area contributed by atoms with Crippen molar-refractivity contribution in [1.29, 1.82) is 0 Å². The highest BCUT2D eigenvalue weighted by Gasteiger charge is 2.24. The second-order valence-corrected chi connectivity index (χ2v) is 6.00. The summed E-state index contributed by atoms with van der Waals surface area (Å²) in [6.07, 6.45) is 11.1. The number of aryl methyl sites for hydroxylation is 1. The van der Waals surface area contributed by atoms with Crippen LogP contribution in [0, 0.1) is 12.8 Å². The molecule has 1 aliphatic carbocycles. The van der Waals surface area contributed by atoms with E-state index in [1.54, 1.807) is 0 Å². The lowest BCUT2D eigenvalue weighted by atomic mass is 10.0. The number of piperazine rings is 1. The summed E-state index contributed by atoms with van der Waals surface area (Å²) in [7, 11) is 0. The van der Waals surface area contributed by atoms with E-state index in [4.69, 9.17) is 0 Å². The molecule has 1 amide bonds. The smallest absolute Gasteiger partial charge is 0.223 e. The van der Waals surface area contributed by atoms with Crippen molar-refractivity contribution in [2.75, 3.05) is 31.1 Å². The minimum absolute atomic E-state index is 0.317. The number of carbonyl (C=O) groups excluding carboxylic acids is 1. The number of allylic oxidation sites excluding steroid dienone is 2. The maximum absolute atomic E-state index is 12.3. The van der Waals surface area contributed by atoms with Gasteiger partial charge in [0.15, 0.2) is 0 Å². The quantitative estimate of drug-likeness (QED) is 0.800. The zero-order chi connectivity index (χ0) is 14.7. The topological polar surface area (TPSA) is 36.4 Å². The lowest BCUT2D eigenvalue weighted by molar-refractivity contribution is -0.132. The van der Waals surface area contributed by atoms with Crippen LogP contribution in [-0.2, 0) is 4.79 Å². The van der Waals surface area contributed by atoms with E-state index in [0.717, 1.165) is 39.0 Å². The van der Waals surface area contributed by atoms with E-state index in [9.17, 15) is 4.79 Å². The van der Waals surface area contributed by atoms with Crippen molar-refractivity contribution in [2.24, 2.45) is 5.92 Å². The van der Waals surface area contributed by atoms with Crippen molar-refractivity contribution < 1.29 is 4.79 Å². The molecule has 1 aromatic rings. The maximum atomic E-state index is 12.3. The Labute approximate surface area is 126 Å². The molecular formula is C17H23N3O. The van der Waals surface area contributed by atoms with Gasteiger partial charge in [0, 0.05) is 50.7 Å². The molecule has 2 heterocycles. The normalized spacial score (nSPS) is 21.9. The molecule has 0 spiro atoms. The highest BCUT2D eigenvalue weighted by molar-refractivity contribution is 5.77. The van der Waals surface area contributed by atoms with Crippen molar-refractivity contribution in [3.05, 3.63) is 36.2 Å². The van der Waals surface area contributed by atoms with Crippen LogP contribution < -0.4 is 4.90 Å². The number of anilines is 1. The van der Waals surface area contributed by atoms with Gasteiger partial charge in [-0.25, -0.2) is 0 Å². The van der Waals surface area contributed by atoms with E-state index in [1.807, 2.05) is 17.3 Å². The third-order valence-corrected chi connectivity index (χ3v) is 4.51. The van der Waals surface area contributed by atoms with Crippen LogP contribution in [0.5, 0.6) is 0 Å². The Hall–Kier alpha value is -1.84. The van der Waals surface area contributed by atoms with Crippen LogP contribution in [0.2, 0.25) is 0 Å². The molecule has 0 aromatic carbocycles. The van der Waals surface area contributed by atoms with Gasteiger partial charge in [-0.15, -0.1) is 0 Å². The van der Waals surface area contributed by atoms with Gasteiger partial charge in [0.1, 0.15) is 0 Å². The van der Waals surface area contributed by atoms with Crippen LogP contribution in [0.1, 0.15) is 24.8 Å².